The van der Waals surface area contributed by atoms with Gasteiger partial charge in [-0.1, -0.05) is 0 Å². The molecule has 1 aliphatic rings. The van der Waals surface area contributed by atoms with E-state index in [4.69, 9.17) is 4.74 Å². The highest BCUT2D eigenvalue weighted by molar-refractivity contribution is 5.37. The summed E-state index contributed by atoms with van der Waals surface area (Å²) in [6, 6.07) is 4.69. The van der Waals surface area contributed by atoms with E-state index in [1.807, 2.05) is 17.9 Å². The van der Waals surface area contributed by atoms with Gasteiger partial charge >= 0.3 is 0 Å². The van der Waals surface area contributed by atoms with Crippen molar-refractivity contribution in [1.29, 1.82) is 0 Å². The van der Waals surface area contributed by atoms with Crippen molar-refractivity contribution in [1.82, 2.24) is 15.1 Å². The summed E-state index contributed by atoms with van der Waals surface area (Å²) >= 11 is 0. The second-order valence-corrected chi connectivity index (χ2v) is 5.16. The molecule has 0 bridgehead atoms. The molecule has 0 amide bonds. The second-order valence-electron chi connectivity index (χ2n) is 5.16. The van der Waals surface area contributed by atoms with Crippen molar-refractivity contribution in [3.05, 3.63) is 47.0 Å². The lowest BCUT2D eigenvalue weighted by molar-refractivity contribution is 0.202. The number of fused-ring (bicyclic) bond motifs is 1. The van der Waals surface area contributed by atoms with Crippen LogP contribution in [0.5, 0.6) is 5.75 Å². The standard InChI is InChI=1S/C15H18FN3O/c1-10-12(7-17-2)8-18-19(10)9-14-6-11-5-13(16)3-4-15(11)20-14/h3-5,8,14,17H,6-7,9H2,1-2H3. The van der Waals surface area contributed by atoms with Gasteiger partial charge in [0.1, 0.15) is 17.7 Å². The van der Waals surface area contributed by atoms with Gasteiger partial charge in [-0.25, -0.2) is 4.39 Å². The molecule has 0 spiro atoms. The molecule has 1 aromatic carbocycles. The zero-order valence-electron chi connectivity index (χ0n) is 11.7. The van der Waals surface area contributed by atoms with E-state index in [1.54, 1.807) is 12.1 Å². The van der Waals surface area contributed by atoms with Crippen molar-refractivity contribution in [3.63, 3.8) is 0 Å². The molecule has 3 rings (SSSR count). The van der Waals surface area contributed by atoms with Crippen LogP contribution in [0.2, 0.25) is 0 Å². The molecule has 0 aliphatic carbocycles. The van der Waals surface area contributed by atoms with Gasteiger partial charge < -0.3 is 10.1 Å². The number of benzene rings is 1. The fourth-order valence-electron chi connectivity index (χ4n) is 2.62. The Bertz CT molecular complexity index is 624. The van der Waals surface area contributed by atoms with Crippen LogP contribution in [0.4, 0.5) is 4.39 Å². The summed E-state index contributed by atoms with van der Waals surface area (Å²) in [5.41, 5.74) is 3.27. The lowest BCUT2D eigenvalue weighted by Crippen LogP contribution is -2.22. The molecule has 1 aromatic heterocycles. The maximum atomic E-state index is 13.2. The van der Waals surface area contributed by atoms with Crippen molar-refractivity contribution in [3.8, 4) is 5.75 Å². The molecule has 20 heavy (non-hydrogen) atoms. The normalized spacial score (nSPS) is 17.1. The Labute approximate surface area is 117 Å². The Morgan fingerprint density at radius 2 is 2.35 bits per heavy atom. The van der Waals surface area contributed by atoms with Gasteiger partial charge in [-0.2, -0.15) is 5.10 Å². The van der Waals surface area contributed by atoms with Gasteiger partial charge in [0.25, 0.3) is 0 Å². The molecule has 0 radical (unpaired) electrons. The molecule has 5 heteroatoms. The molecule has 2 aromatic rings. The van der Waals surface area contributed by atoms with Gasteiger partial charge in [-0.05, 0) is 32.2 Å². The SMILES string of the molecule is CNCc1cnn(CC2Cc3cc(F)ccc3O2)c1C. The molecular weight excluding hydrogens is 257 g/mol. The van der Waals surface area contributed by atoms with Crippen molar-refractivity contribution in [2.75, 3.05) is 7.05 Å². The van der Waals surface area contributed by atoms with E-state index < -0.39 is 0 Å². The third-order valence-electron chi connectivity index (χ3n) is 3.71. The van der Waals surface area contributed by atoms with Crippen LogP contribution in [0, 0.1) is 12.7 Å². The summed E-state index contributed by atoms with van der Waals surface area (Å²) in [6.45, 7) is 3.55. The molecule has 1 unspecified atom stereocenters. The minimum atomic E-state index is -0.209. The van der Waals surface area contributed by atoms with Gasteiger partial charge in [-0.15, -0.1) is 0 Å². The van der Waals surface area contributed by atoms with E-state index in [0.717, 1.165) is 30.0 Å². The summed E-state index contributed by atoms with van der Waals surface area (Å²) in [7, 11) is 1.92. The lowest BCUT2D eigenvalue weighted by Gasteiger charge is -2.12. The first-order valence-corrected chi connectivity index (χ1v) is 6.78. The lowest BCUT2D eigenvalue weighted by atomic mass is 10.1. The van der Waals surface area contributed by atoms with Crippen LogP contribution in [-0.2, 0) is 19.5 Å². The minimum Gasteiger partial charge on any atom is -0.488 e. The third kappa shape index (κ3) is 2.41. The monoisotopic (exact) mass is 275 g/mol. The number of rotatable bonds is 4. The van der Waals surface area contributed by atoms with Crippen molar-refractivity contribution < 1.29 is 9.13 Å². The first-order chi connectivity index (χ1) is 9.67. The van der Waals surface area contributed by atoms with Crippen molar-refractivity contribution >= 4 is 0 Å². The molecular formula is C15H18FN3O. The van der Waals surface area contributed by atoms with Crippen LogP contribution < -0.4 is 10.1 Å². The van der Waals surface area contributed by atoms with E-state index >= 15 is 0 Å². The summed E-state index contributed by atoms with van der Waals surface area (Å²) in [4.78, 5) is 0. The van der Waals surface area contributed by atoms with Crippen LogP contribution in [0.25, 0.3) is 0 Å². The van der Waals surface area contributed by atoms with E-state index in [1.165, 1.54) is 11.6 Å². The Kier molecular flexibility index (Phi) is 3.44. The smallest absolute Gasteiger partial charge is 0.123 e. The Balaban J connectivity index is 1.71. The summed E-state index contributed by atoms with van der Waals surface area (Å²) in [5.74, 6) is 0.580. The van der Waals surface area contributed by atoms with Gasteiger partial charge in [-0.3, -0.25) is 4.68 Å². The van der Waals surface area contributed by atoms with E-state index in [2.05, 4.69) is 17.3 Å². The minimum absolute atomic E-state index is 0.0211. The topological polar surface area (TPSA) is 39.1 Å². The van der Waals surface area contributed by atoms with Gasteiger partial charge in [0.2, 0.25) is 0 Å². The average Bonchev–Trinajstić information content (AvgIpc) is 2.96. The molecule has 0 fully saturated rings. The molecule has 1 atom stereocenters. The van der Waals surface area contributed by atoms with Crippen molar-refractivity contribution in [2.45, 2.75) is 32.5 Å². The second kappa shape index (κ2) is 5.25. The van der Waals surface area contributed by atoms with E-state index in [-0.39, 0.29) is 11.9 Å². The number of hydrogen-bond donors (Lipinski definition) is 1. The fraction of sp³-hybridized carbons (Fsp3) is 0.400. The Morgan fingerprint density at radius 3 is 3.15 bits per heavy atom. The van der Waals surface area contributed by atoms with Gasteiger partial charge in [0, 0.05) is 29.8 Å². The Hall–Kier alpha value is -1.88. The van der Waals surface area contributed by atoms with E-state index in [9.17, 15) is 4.39 Å². The van der Waals surface area contributed by atoms with Crippen LogP contribution in [0.1, 0.15) is 16.8 Å². The van der Waals surface area contributed by atoms with Crippen LogP contribution in [-0.4, -0.2) is 22.9 Å². The summed E-state index contributed by atoms with van der Waals surface area (Å²) in [6.07, 6.45) is 2.63. The number of aromatic nitrogens is 2. The maximum Gasteiger partial charge on any atom is 0.123 e. The quantitative estimate of drug-likeness (QED) is 0.928. The molecule has 2 heterocycles. The van der Waals surface area contributed by atoms with E-state index in [0.29, 0.717) is 6.54 Å². The number of nitrogens with zero attached hydrogens (tertiary/aromatic N) is 2. The molecule has 4 nitrogen and oxygen atoms in total. The predicted octanol–water partition coefficient (Wildman–Crippen LogP) is 2.05. The highest BCUT2D eigenvalue weighted by Gasteiger charge is 2.24. The van der Waals surface area contributed by atoms with Gasteiger partial charge in [0.05, 0.1) is 12.7 Å². The van der Waals surface area contributed by atoms with Crippen LogP contribution >= 0.6 is 0 Å². The highest BCUT2D eigenvalue weighted by atomic mass is 19.1. The van der Waals surface area contributed by atoms with Crippen LogP contribution in [0.15, 0.2) is 24.4 Å². The first kappa shape index (κ1) is 13.1. The zero-order chi connectivity index (χ0) is 14.1. The maximum absolute atomic E-state index is 13.2. The molecule has 1 N–H and O–H groups in total. The largest absolute Gasteiger partial charge is 0.488 e. The molecule has 1 aliphatic heterocycles. The first-order valence-electron chi connectivity index (χ1n) is 6.78. The summed E-state index contributed by atoms with van der Waals surface area (Å²) in [5, 5.41) is 7.53. The van der Waals surface area contributed by atoms with Crippen LogP contribution in [0.3, 0.4) is 0 Å². The predicted molar refractivity (Wildman–Crippen MR) is 74.2 cm³/mol. The number of ether oxygens (including phenoxy) is 1. The Morgan fingerprint density at radius 1 is 1.50 bits per heavy atom. The summed E-state index contributed by atoms with van der Waals surface area (Å²) < 4.78 is 21.0. The average molecular weight is 275 g/mol. The molecule has 0 saturated carbocycles. The third-order valence-corrected chi connectivity index (χ3v) is 3.71. The molecule has 106 valence electrons. The number of hydrogen-bond acceptors (Lipinski definition) is 3. The fourth-order valence-corrected chi connectivity index (χ4v) is 2.62. The number of halogens is 1. The highest BCUT2D eigenvalue weighted by Crippen LogP contribution is 2.30. The number of nitrogens with one attached hydrogen (secondary N) is 1. The molecule has 0 saturated heterocycles. The van der Waals surface area contributed by atoms with Gasteiger partial charge in [0.15, 0.2) is 0 Å². The van der Waals surface area contributed by atoms with Crippen molar-refractivity contribution in [2.24, 2.45) is 0 Å². The zero-order valence-corrected chi connectivity index (χ0v) is 11.7.